The molecule has 1 aliphatic rings. The molecule has 2 unspecified atom stereocenters. The molecule has 0 saturated heterocycles. The number of ether oxygens (including phenoxy) is 2. The quantitative estimate of drug-likeness (QED) is 0.872. The van der Waals surface area contributed by atoms with Gasteiger partial charge in [-0.05, 0) is 36.8 Å². The van der Waals surface area contributed by atoms with Crippen LogP contribution in [0.1, 0.15) is 18.4 Å². The number of carbonyl (C=O) groups is 1. The molecule has 0 aliphatic heterocycles. The zero-order valence-corrected chi connectivity index (χ0v) is 11.7. The molecular formula is C14H17ClO4. The number of hydrogen-bond donors (Lipinski definition) is 1. The number of halogens is 1. The van der Waals surface area contributed by atoms with E-state index < -0.39 is 5.97 Å². The molecule has 2 rings (SSSR count). The summed E-state index contributed by atoms with van der Waals surface area (Å²) in [6.07, 6.45) is 2.39. The molecule has 104 valence electrons. The van der Waals surface area contributed by atoms with E-state index in [2.05, 4.69) is 0 Å². The van der Waals surface area contributed by atoms with Crippen molar-refractivity contribution in [1.29, 1.82) is 0 Å². The molecule has 1 fully saturated rings. The molecule has 5 heteroatoms. The number of hydrogen-bond acceptors (Lipinski definition) is 3. The van der Waals surface area contributed by atoms with E-state index in [9.17, 15) is 4.79 Å². The highest BCUT2D eigenvalue weighted by atomic mass is 35.5. The Kier molecular flexibility index (Phi) is 4.20. The van der Waals surface area contributed by atoms with Crippen LogP contribution in [0.4, 0.5) is 0 Å². The molecular weight excluding hydrogens is 268 g/mol. The lowest BCUT2D eigenvalue weighted by Crippen LogP contribution is -2.01. The molecule has 0 bridgehead atoms. The molecule has 2 atom stereocenters. The Bertz CT molecular complexity index is 487. The standard InChI is InChI=1S/C14H17ClO4/c1-18-12-7-11(15)13(19-2)6-9(12)4-3-8-5-10(8)14(16)17/h6-8,10H,3-5H2,1-2H3,(H,16,17). The summed E-state index contributed by atoms with van der Waals surface area (Å²) in [7, 11) is 3.16. The summed E-state index contributed by atoms with van der Waals surface area (Å²) in [5, 5.41) is 9.39. The molecule has 1 N–H and O–H groups in total. The van der Waals surface area contributed by atoms with Crippen molar-refractivity contribution in [2.45, 2.75) is 19.3 Å². The smallest absolute Gasteiger partial charge is 0.306 e. The van der Waals surface area contributed by atoms with Crippen LogP contribution in [0.25, 0.3) is 0 Å². The first-order valence-corrected chi connectivity index (χ1v) is 6.57. The number of methoxy groups -OCH3 is 2. The summed E-state index contributed by atoms with van der Waals surface area (Å²) in [6, 6.07) is 3.59. The fraction of sp³-hybridized carbons (Fsp3) is 0.500. The molecule has 0 heterocycles. The molecule has 0 radical (unpaired) electrons. The van der Waals surface area contributed by atoms with Gasteiger partial charge in [0.15, 0.2) is 0 Å². The number of carboxylic acids is 1. The molecule has 0 aromatic heterocycles. The van der Waals surface area contributed by atoms with Crippen molar-refractivity contribution < 1.29 is 19.4 Å². The van der Waals surface area contributed by atoms with E-state index in [1.54, 1.807) is 20.3 Å². The lowest BCUT2D eigenvalue weighted by Gasteiger charge is -2.12. The third kappa shape index (κ3) is 3.13. The fourth-order valence-corrected chi connectivity index (χ4v) is 2.56. The van der Waals surface area contributed by atoms with Crippen molar-refractivity contribution in [3.8, 4) is 11.5 Å². The summed E-state index contributed by atoms with van der Waals surface area (Å²) < 4.78 is 10.5. The summed E-state index contributed by atoms with van der Waals surface area (Å²) >= 11 is 6.04. The van der Waals surface area contributed by atoms with Gasteiger partial charge >= 0.3 is 5.97 Å². The second kappa shape index (κ2) is 5.70. The maximum Gasteiger partial charge on any atom is 0.306 e. The van der Waals surface area contributed by atoms with Crippen LogP contribution in [-0.2, 0) is 11.2 Å². The minimum atomic E-state index is -0.689. The van der Waals surface area contributed by atoms with Crippen molar-refractivity contribution in [2.75, 3.05) is 14.2 Å². The van der Waals surface area contributed by atoms with E-state index in [1.165, 1.54) is 0 Å². The van der Waals surface area contributed by atoms with E-state index in [0.29, 0.717) is 10.8 Å². The Morgan fingerprint density at radius 2 is 2.05 bits per heavy atom. The van der Waals surface area contributed by atoms with Crippen molar-refractivity contribution in [2.24, 2.45) is 11.8 Å². The van der Waals surface area contributed by atoms with Crippen LogP contribution in [0.3, 0.4) is 0 Å². The van der Waals surface area contributed by atoms with Gasteiger partial charge in [-0.3, -0.25) is 4.79 Å². The highest BCUT2D eigenvalue weighted by Crippen LogP contribution is 2.43. The van der Waals surface area contributed by atoms with Gasteiger partial charge in [0.25, 0.3) is 0 Å². The third-order valence-corrected chi connectivity index (χ3v) is 3.87. The number of aliphatic carboxylic acids is 1. The Hall–Kier alpha value is -1.42. The molecule has 19 heavy (non-hydrogen) atoms. The maximum absolute atomic E-state index is 10.8. The molecule has 0 amide bonds. The Balaban J connectivity index is 2.05. The summed E-state index contributed by atoms with van der Waals surface area (Å²) in [4.78, 5) is 10.8. The Labute approximate surface area is 117 Å². The van der Waals surface area contributed by atoms with Gasteiger partial charge < -0.3 is 14.6 Å². The predicted octanol–water partition coefficient (Wildman–Crippen LogP) is 3.01. The van der Waals surface area contributed by atoms with E-state index in [0.717, 1.165) is 30.6 Å². The summed E-state index contributed by atoms with van der Waals surface area (Å²) in [6.45, 7) is 0. The summed E-state index contributed by atoms with van der Waals surface area (Å²) in [5.41, 5.74) is 1.000. The Morgan fingerprint density at radius 1 is 1.37 bits per heavy atom. The number of benzene rings is 1. The monoisotopic (exact) mass is 284 g/mol. The van der Waals surface area contributed by atoms with E-state index in [-0.39, 0.29) is 11.8 Å². The first-order chi connectivity index (χ1) is 9.06. The molecule has 1 saturated carbocycles. The van der Waals surface area contributed by atoms with Crippen molar-refractivity contribution in [1.82, 2.24) is 0 Å². The Morgan fingerprint density at radius 3 is 2.58 bits per heavy atom. The van der Waals surface area contributed by atoms with Crippen LogP contribution in [0.5, 0.6) is 11.5 Å². The lowest BCUT2D eigenvalue weighted by atomic mass is 10.0. The van der Waals surface area contributed by atoms with E-state index >= 15 is 0 Å². The van der Waals surface area contributed by atoms with E-state index in [4.69, 9.17) is 26.2 Å². The van der Waals surface area contributed by atoms with Gasteiger partial charge in [0.2, 0.25) is 0 Å². The number of rotatable bonds is 6. The molecule has 4 nitrogen and oxygen atoms in total. The van der Waals surface area contributed by atoms with E-state index in [1.807, 2.05) is 6.07 Å². The largest absolute Gasteiger partial charge is 0.496 e. The van der Waals surface area contributed by atoms with Crippen LogP contribution in [0.15, 0.2) is 12.1 Å². The lowest BCUT2D eigenvalue weighted by molar-refractivity contribution is -0.138. The van der Waals surface area contributed by atoms with Crippen LogP contribution in [-0.4, -0.2) is 25.3 Å². The van der Waals surface area contributed by atoms with Gasteiger partial charge in [-0.25, -0.2) is 0 Å². The predicted molar refractivity (Wildman–Crippen MR) is 72.1 cm³/mol. The molecule has 1 aromatic carbocycles. The van der Waals surface area contributed by atoms with Crippen LogP contribution >= 0.6 is 11.6 Å². The normalized spacial score (nSPS) is 21.0. The van der Waals surface area contributed by atoms with Gasteiger partial charge in [0, 0.05) is 6.07 Å². The highest BCUT2D eigenvalue weighted by molar-refractivity contribution is 6.32. The van der Waals surface area contributed by atoms with Gasteiger partial charge in [-0.1, -0.05) is 11.6 Å². The first-order valence-electron chi connectivity index (χ1n) is 6.20. The molecule has 1 aromatic rings. The topological polar surface area (TPSA) is 55.8 Å². The van der Waals surface area contributed by atoms with Gasteiger partial charge in [0.1, 0.15) is 11.5 Å². The first kappa shape index (κ1) is 14.0. The second-order valence-corrected chi connectivity index (χ2v) is 5.18. The SMILES string of the molecule is COc1cc(CCC2CC2C(=O)O)c(OC)cc1Cl. The van der Waals surface area contributed by atoms with Crippen molar-refractivity contribution >= 4 is 17.6 Å². The number of carboxylic acid groups (broad SMARTS) is 1. The summed E-state index contributed by atoms with van der Waals surface area (Å²) in [5.74, 6) is 0.760. The average Bonchev–Trinajstić information content (AvgIpc) is 3.16. The third-order valence-electron chi connectivity index (χ3n) is 3.58. The van der Waals surface area contributed by atoms with Crippen molar-refractivity contribution in [3.63, 3.8) is 0 Å². The van der Waals surface area contributed by atoms with Crippen LogP contribution in [0.2, 0.25) is 5.02 Å². The van der Waals surface area contributed by atoms with Gasteiger partial charge in [-0.2, -0.15) is 0 Å². The van der Waals surface area contributed by atoms with Gasteiger partial charge in [-0.15, -0.1) is 0 Å². The zero-order valence-electron chi connectivity index (χ0n) is 11.0. The fourth-order valence-electron chi connectivity index (χ4n) is 2.33. The maximum atomic E-state index is 10.8. The second-order valence-electron chi connectivity index (χ2n) is 4.78. The average molecular weight is 285 g/mol. The van der Waals surface area contributed by atoms with Crippen molar-refractivity contribution in [3.05, 3.63) is 22.7 Å². The molecule has 0 spiro atoms. The van der Waals surface area contributed by atoms with Gasteiger partial charge in [0.05, 0.1) is 25.2 Å². The zero-order chi connectivity index (χ0) is 14.0. The molecule has 1 aliphatic carbocycles. The minimum Gasteiger partial charge on any atom is -0.496 e. The van der Waals surface area contributed by atoms with Crippen LogP contribution in [0, 0.1) is 11.8 Å². The minimum absolute atomic E-state index is 0.166. The highest BCUT2D eigenvalue weighted by Gasteiger charge is 2.42. The van der Waals surface area contributed by atoms with Crippen LogP contribution < -0.4 is 9.47 Å². The number of aryl methyl sites for hydroxylation is 1.